The van der Waals surface area contributed by atoms with Crippen LogP contribution in [0.4, 0.5) is 0 Å². The molecule has 1 rings (SSSR count). The highest BCUT2D eigenvalue weighted by atomic mass is 28.3. The molecule has 0 aromatic rings. The zero-order valence-electron chi connectivity index (χ0n) is 11.4. The van der Waals surface area contributed by atoms with Gasteiger partial charge in [0.15, 0.2) is 0 Å². The van der Waals surface area contributed by atoms with E-state index in [1.807, 2.05) is 0 Å². The Balaban J connectivity index is 0.000000292. The van der Waals surface area contributed by atoms with E-state index in [-0.39, 0.29) is 0 Å². The molecule has 1 atom stereocenters. The van der Waals surface area contributed by atoms with E-state index >= 15 is 0 Å². The normalized spacial score (nSPS) is 26.4. The van der Waals surface area contributed by atoms with Crippen molar-refractivity contribution in [3.8, 4) is 0 Å². The van der Waals surface area contributed by atoms with Gasteiger partial charge in [-0.25, -0.2) is 0 Å². The number of hydrogen-bond donors (Lipinski definition) is 0. The molecule has 1 unspecified atom stereocenters. The fraction of sp³-hybridized carbons (Fsp3) is 1.00. The summed E-state index contributed by atoms with van der Waals surface area (Å²) in [5.74, 6) is 0. The summed E-state index contributed by atoms with van der Waals surface area (Å²) in [5.41, 5.74) is 1.09. The first-order valence-electron chi connectivity index (χ1n) is 5.92. The third kappa shape index (κ3) is 7.57. The summed E-state index contributed by atoms with van der Waals surface area (Å²) >= 11 is 0. The maximum atomic E-state index is 2.54. The Hall–Kier alpha value is 0.177. The third-order valence-electron chi connectivity index (χ3n) is 3.04. The van der Waals surface area contributed by atoms with Gasteiger partial charge in [-0.3, -0.25) is 0 Å². The van der Waals surface area contributed by atoms with Gasteiger partial charge >= 0.3 is 0 Å². The molecule has 2 heteroatoms. The first kappa shape index (κ1) is 14.2. The van der Waals surface area contributed by atoms with Gasteiger partial charge in [-0.1, -0.05) is 45.3 Å². The minimum absolute atomic E-state index is 0.694. The third-order valence-corrected chi connectivity index (χ3v) is 7.64. The maximum Gasteiger partial charge on any atom is 0.0675 e. The van der Waals surface area contributed by atoms with Crippen molar-refractivity contribution in [1.82, 2.24) is 0 Å². The van der Waals surface area contributed by atoms with Crippen LogP contribution in [0.15, 0.2) is 0 Å². The molecule has 1 saturated heterocycles. The van der Waals surface area contributed by atoms with Crippen LogP contribution in [-0.2, 0) is 0 Å². The molecule has 1 fully saturated rings. The van der Waals surface area contributed by atoms with E-state index in [0.29, 0.717) is 0 Å². The SMILES string of the molecule is CC1CCCC[Si]1(C)C.C[N+](C)(C)C. The van der Waals surface area contributed by atoms with Crippen molar-refractivity contribution in [3.63, 3.8) is 0 Å². The van der Waals surface area contributed by atoms with Crippen molar-refractivity contribution in [2.24, 2.45) is 0 Å². The monoisotopic (exact) mass is 216 g/mol. The lowest BCUT2D eigenvalue weighted by Crippen LogP contribution is -2.33. The summed E-state index contributed by atoms with van der Waals surface area (Å²) in [6.45, 7) is 7.53. The molecule has 14 heavy (non-hydrogen) atoms. The second-order valence-electron chi connectivity index (χ2n) is 6.82. The topological polar surface area (TPSA) is 0 Å². The summed E-state index contributed by atoms with van der Waals surface area (Å²) in [6, 6.07) is 1.58. The second kappa shape index (κ2) is 5.31. The average Bonchev–Trinajstić information content (AvgIpc) is 1.92. The Labute approximate surface area is 92.1 Å². The van der Waals surface area contributed by atoms with Crippen LogP contribution in [0.5, 0.6) is 0 Å². The van der Waals surface area contributed by atoms with Crippen LogP contribution in [0.2, 0.25) is 24.7 Å². The fourth-order valence-corrected chi connectivity index (χ4v) is 4.31. The highest BCUT2D eigenvalue weighted by Gasteiger charge is 2.30. The van der Waals surface area contributed by atoms with Crippen molar-refractivity contribution >= 4 is 8.07 Å². The Morgan fingerprint density at radius 2 is 1.43 bits per heavy atom. The van der Waals surface area contributed by atoms with Gasteiger partial charge in [0, 0.05) is 0 Å². The molecule has 1 aliphatic heterocycles. The van der Waals surface area contributed by atoms with Crippen LogP contribution >= 0.6 is 0 Å². The Morgan fingerprint density at radius 3 is 1.64 bits per heavy atom. The number of quaternary nitrogens is 1. The van der Waals surface area contributed by atoms with Gasteiger partial charge in [-0.2, -0.15) is 0 Å². The summed E-state index contributed by atoms with van der Waals surface area (Å²) in [4.78, 5) is 0. The molecule has 0 spiro atoms. The van der Waals surface area contributed by atoms with Crippen molar-refractivity contribution in [1.29, 1.82) is 0 Å². The van der Waals surface area contributed by atoms with Gasteiger partial charge in [0.2, 0.25) is 0 Å². The first-order chi connectivity index (χ1) is 6.13. The quantitative estimate of drug-likeness (QED) is 0.429. The highest BCUT2D eigenvalue weighted by Crippen LogP contribution is 2.36. The van der Waals surface area contributed by atoms with Crippen LogP contribution in [-0.4, -0.2) is 40.7 Å². The van der Waals surface area contributed by atoms with Crippen molar-refractivity contribution in [3.05, 3.63) is 0 Å². The predicted molar refractivity (Wildman–Crippen MR) is 69.5 cm³/mol. The predicted octanol–water partition coefficient (Wildman–Crippen LogP) is 3.59. The number of rotatable bonds is 0. The molecular weight excluding hydrogens is 186 g/mol. The fourth-order valence-electron chi connectivity index (χ4n) is 1.67. The summed E-state index contributed by atoms with van der Waals surface area (Å²) in [7, 11) is 7.81. The van der Waals surface area contributed by atoms with E-state index in [1.165, 1.54) is 19.3 Å². The minimum Gasteiger partial charge on any atom is -0.333 e. The van der Waals surface area contributed by atoms with Crippen LogP contribution in [0.25, 0.3) is 0 Å². The van der Waals surface area contributed by atoms with Gasteiger partial charge in [0.1, 0.15) is 0 Å². The van der Waals surface area contributed by atoms with Crippen molar-refractivity contribution in [2.45, 2.75) is 50.9 Å². The van der Waals surface area contributed by atoms with E-state index in [2.05, 4.69) is 48.2 Å². The largest absolute Gasteiger partial charge is 0.333 e. The van der Waals surface area contributed by atoms with E-state index < -0.39 is 8.07 Å². The molecule has 0 bridgehead atoms. The van der Waals surface area contributed by atoms with Crippen molar-refractivity contribution in [2.75, 3.05) is 28.2 Å². The molecule has 0 aromatic carbocycles. The second-order valence-corrected chi connectivity index (χ2v) is 12.3. The van der Waals surface area contributed by atoms with Gasteiger partial charge in [0.25, 0.3) is 0 Å². The Bertz CT molecular complexity index is 152. The zero-order valence-corrected chi connectivity index (χ0v) is 12.4. The molecule has 0 amide bonds. The molecule has 0 N–H and O–H groups in total. The number of hydrogen-bond acceptors (Lipinski definition) is 0. The molecule has 0 radical (unpaired) electrons. The van der Waals surface area contributed by atoms with Gasteiger partial charge in [-0.15, -0.1) is 0 Å². The lowest BCUT2D eigenvalue weighted by atomic mass is 10.2. The van der Waals surface area contributed by atoms with Gasteiger partial charge in [0.05, 0.1) is 36.3 Å². The van der Waals surface area contributed by atoms with E-state index in [9.17, 15) is 0 Å². The Kier molecular flexibility index (Phi) is 5.38. The zero-order chi connectivity index (χ0) is 11.4. The molecule has 0 aliphatic carbocycles. The van der Waals surface area contributed by atoms with Gasteiger partial charge < -0.3 is 4.48 Å². The Morgan fingerprint density at radius 1 is 1.00 bits per heavy atom. The van der Waals surface area contributed by atoms with E-state index in [1.54, 1.807) is 6.04 Å². The standard InChI is InChI=1S/C8H18Si.C4H12N/c1-8-6-4-5-7-9(8,2)3;1-5(2,3)4/h8H,4-7H2,1-3H3;1-4H3/q;+1. The van der Waals surface area contributed by atoms with E-state index in [0.717, 1.165) is 10.0 Å². The number of nitrogens with zero attached hydrogens (tertiary/aromatic N) is 1. The average molecular weight is 216 g/mol. The molecule has 1 nitrogen and oxygen atoms in total. The van der Waals surface area contributed by atoms with Gasteiger partial charge in [-0.05, 0) is 5.54 Å². The first-order valence-corrected chi connectivity index (χ1v) is 9.20. The van der Waals surface area contributed by atoms with Crippen LogP contribution < -0.4 is 0 Å². The molecule has 0 aromatic heterocycles. The molecule has 1 aliphatic rings. The minimum atomic E-state index is -0.694. The maximum absolute atomic E-state index is 2.54. The summed E-state index contributed by atoms with van der Waals surface area (Å²) < 4.78 is 1.00. The molecule has 86 valence electrons. The molecular formula is C12H30NSi+. The summed E-state index contributed by atoms with van der Waals surface area (Å²) in [5, 5.41) is 0. The lowest BCUT2D eigenvalue weighted by molar-refractivity contribution is -0.849. The van der Waals surface area contributed by atoms with Crippen LogP contribution in [0.3, 0.4) is 0 Å². The van der Waals surface area contributed by atoms with Crippen LogP contribution in [0.1, 0.15) is 26.2 Å². The smallest absolute Gasteiger partial charge is 0.0675 e. The highest BCUT2D eigenvalue weighted by molar-refractivity contribution is 6.78. The summed E-state index contributed by atoms with van der Waals surface area (Å²) in [6.07, 6.45) is 4.53. The van der Waals surface area contributed by atoms with Crippen molar-refractivity contribution < 1.29 is 4.48 Å². The van der Waals surface area contributed by atoms with E-state index in [4.69, 9.17) is 0 Å². The molecule has 1 heterocycles. The lowest BCUT2D eigenvalue weighted by Gasteiger charge is -2.34. The van der Waals surface area contributed by atoms with Crippen LogP contribution in [0, 0.1) is 0 Å². The molecule has 0 saturated carbocycles.